The number of carboxylic acids is 1. The summed E-state index contributed by atoms with van der Waals surface area (Å²) < 4.78 is 60.0. The summed E-state index contributed by atoms with van der Waals surface area (Å²) in [5.74, 6) is -7.09. The van der Waals surface area contributed by atoms with Crippen LogP contribution in [0.15, 0.2) is 35.7 Å². The van der Waals surface area contributed by atoms with E-state index >= 15 is 0 Å². The number of ether oxygens (including phenoxy) is 11. The number of carboxylic acid groups (broad SMARTS) is 1. The average Bonchev–Trinajstić information content (AvgIpc) is 1.80. The van der Waals surface area contributed by atoms with Crippen molar-refractivity contribution in [2.24, 2.45) is 17.8 Å². The lowest BCUT2D eigenvalue weighted by Crippen LogP contribution is -2.58. The molecule has 36 heteroatoms. The molecule has 1 aromatic carbocycles. The van der Waals surface area contributed by atoms with Crippen LogP contribution < -0.4 is 37.2 Å². The summed E-state index contributed by atoms with van der Waals surface area (Å²) in [4.78, 5) is 152. The first-order valence-corrected chi connectivity index (χ1v) is 38.8. The van der Waals surface area contributed by atoms with E-state index in [9.17, 15) is 63.0 Å². The van der Waals surface area contributed by atoms with Crippen molar-refractivity contribution in [1.82, 2.24) is 51.6 Å². The molecule has 111 heavy (non-hydrogen) atoms. The van der Waals surface area contributed by atoms with E-state index in [1.807, 2.05) is 60.5 Å². The van der Waals surface area contributed by atoms with E-state index in [0.29, 0.717) is 142 Å². The normalized spacial score (nSPS) is 14.1. The molecule has 0 spiro atoms. The van der Waals surface area contributed by atoms with Crippen LogP contribution in [0.5, 0.6) is 5.75 Å². The van der Waals surface area contributed by atoms with Gasteiger partial charge in [-0.25, -0.2) is 4.98 Å². The number of methoxy groups -OCH3 is 2. The number of rotatable bonds is 65. The molecule has 2 heterocycles. The average molecular weight is 1590 g/mol. The predicted octanol–water partition coefficient (Wildman–Crippen LogP) is 2.18. The van der Waals surface area contributed by atoms with Gasteiger partial charge in [0, 0.05) is 83.2 Å². The van der Waals surface area contributed by atoms with Crippen LogP contribution in [0, 0.1) is 17.8 Å². The highest BCUT2D eigenvalue weighted by atomic mass is 32.1. The number of aliphatic carboxylic acids is 1. The molecule has 0 aliphatic carbocycles. The predicted molar refractivity (Wildman–Crippen MR) is 409 cm³/mol. The molecule has 628 valence electrons. The Morgan fingerprint density at radius 2 is 1.15 bits per heavy atom. The number of hydrogen-bond donors (Lipinski definition) is 9. The summed E-state index contributed by atoms with van der Waals surface area (Å²) in [7, 11) is 8.50. The van der Waals surface area contributed by atoms with E-state index in [1.54, 1.807) is 24.4 Å². The number of thiazole rings is 1. The second kappa shape index (κ2) is 57.3. The van der Waals surface area contributed by atoms with Gasteiger partial charge in [0.1, 0.15) is 41.2 Å². The van der Waals surface area contributed by atoms with Crippen molar-refractivity contribution >= 4 is 82.1 Å². The second-order valence-electron chi connectivity index (χ2n) is 27.2. The van der Waals surface area contributed by atoms with Crippen LogP contribution in [0.1, 0.15) is 126 Å². The molecule has 0 fully saturated rings. The van der Waals surface area contributed by atoms with Crippen LogP contribution >= 0.6 is 11.3 Å². The molecule has 0 unspecified atom stereocenters. The van der Waals surface area contributed by atoms with Crippen LogP contribution in [0.3, 0.4) is 0 Å². The van der Waals surface area contributed by atoms with E-state index in [2.05, 4.69) is 42.2 Å². The Balaban J connectivity index is 1.44. The first-order valence-electron chi connectivity index (χ1n) is 37.9. The third-order valence-corrected chi connectivity index (χ3v) is 18.5. The summed E-state index contributed by atoms with van der Waals surface area (Å²) in [6.45, 7) is 17.9. The van der Waals surface area contributed by atoms with Gasteiger partial charge in [0.2, 0.25) is 41.4 Å². The Labute approximate surface area is 655 Å². The summed E-state index contributed by atoms with van der Waals surface area (Å²) in [5.41, 5.74) is 0.445. The van der Waals surface area contributed by atoms with Gasteiger partial charge in [-0.1, -0.05) is 54.0 Å². The summed E-state index contributed by atoms with van der Waals surface area (Å²) in [5, 5.41) is 41.2. The smallest absolute Gasteiger partial charge is 0.303 e. The van der Waals surface area contributed by atoms with E-state index in [4.69, 9.17) is 52.1 Å². The Morgan fingerprint density at radius 1 is 0.604 bits per heavy atom. The number of likely N-dealkylation sites (N-methyl/N-ethyl adjacent to an activating group) is 2. The monoisotopic (exact) mass is 1590 g/mol. The molecule has 3 rings (SSSR count). The number of phenolic OH excluding ortho intramolecular Hbond substituents is 1. The van der Waals surface area contributed by atoms with Gasteiger partial charge in [-0.3, -0.25) is 62.5 Å². The molecule has 0 radical (unpaired) electrons. The largest absolute Gasteiger partial charge is 0.506 e. The zero-order chi connectivity index (χ0) is 81.9. The number of imide groups is 1. The first-order chi connectivity index (χ1) is 53.2. The number of nitrogens with zero attached hydrogens (tertiary/aromatic N) is 4. The number of unbranched alkanes of at least 4 members (excludes halogenated alkanes) is 1. The number of hydrogen-bond acceptors (Lipinski definition) is 26. The van der Waals surface area contributed by atoms with E-state index in [0.717, 1.165) is 17.1 Å². The van der Waals surface area contributed by atoms with E-state index in [-0.39, 0.29) is 130 Å². The maximum atomic E-state index is 14.4. The van der Waals surface area contributed by atoms with Crippen LogP contribution in [0.4, 0.5) is 5.69 Å². The molecule has 1 aliphatic heterocycles. The molecular formula is C75H123N11O24S. The minimum absolute atomic E-state index is 0.00709. The first kappa shape index (κ1) is 97.5. The molecule has 0 saturated carbocycles. The molecule has 9 N–H and O–H groups in total. The van der Waals surface area contributed by atoms with Crippen molar-refractivity contribution in [1.29, 1.82) is 0 Å². The number of amides is 10. The Bertz CT molecular complexity index is 3120. The van der Waals surface area contributed by atoms with Gasteiger partial charge >= 0.3 is 5.97 Å². The lowest BCUT2D eigenvalue weighted by molar-refractivity contribution is -0.141. The van der Waals surface area contributed by atoms with Gasteiger partial charge in [-0.15, -0.1) is 11.3 Å². The summed E-state index contributed by atoms with van der Waals surface area (Å²) >= 11 is 1.18. The Hall–Kier alpha value is -7.72. The topological polar surface area (TPSA) is 437 Å². The van der Waals surface area contributed by atoms with Crippen molar-refractivity contribution < 1.29 is 115 Å². The molecule has 1 aliphatic rings. The van der Waals surface area contributed by atoms with Crippen molar-refractivity contribution in [3.8, 4) is 5.75 Å². The number of anilines is 1. The highest BCUT2D eigenvalue weighted by Gasteiger charge is 2.37. The van der Waals surface area contributed by atoms with Gasteiger partial charge in [0.25, 0.3) is 17.7 Å². The third kappa shape index (κ3) is 41.1. The highest BCUT2D eigenvalue weighted by Crippen LogP contribution is 2.31. The van der Waals surface area contributed by atoms with E-state index in [1.165, 1.54) is 36.6 Å². The molecule has 0 saturated heterocycles. The fraction of sp³-hybridized carbons (Fsp3) is 0.707. The third-order valence-electron chi connectivity index (χ3n) is 17.6. The molecule has 10 amide bonds. The van der Waals surface area contributed by atoms with Gasteiger partial charge < -0.3 is 104 Å². The van der Waals surface area contributed by atoms with E-state index < -0.39 is 90.7 Å². The maximum Gasteiger partial charge on any atom is 0.303 e. The van der Waals surface area contributed by atoms with Crippen molar-refractivity contribution in [3.05, 3.63) is 52.0 Å². The van der Waals surface area contributed by atoms with Crippen molar-refractivity contribution in [2.75, 3.05) is 192 Å². The standard InChI is InChI=1S/C75H123N11O24S/c1-12-53(6)69(83-73(98)70(52(4)5)84(7)8)75(99)85(9)59(51(2)3)46-61(101-11)74-82-58(50-111-74)72(97)79-55(19-23-68(94)95)44-54-18-20-60(87)57(45-54)81-64(90)48-77-63(89)47-78-71(96)56(80-62(88)17-15-25-86-66(92)21-22-67(86)93)16-13-14-24-76-65(91)49-110-43-42-109-41-40-108-39-38-107-37-36-106-35-34-105-33-32-104-31-30-103-29-28-102-27-26-100-10/h18,20-22,45,50-53,55-56,59,61,69-70,87H,12-17,19,23-44,46-49H2,1-11H3,(H,76,91)(H,77,89)(H,78,96)(H,79,97)(H,80,88)(H,81,90)(H,83,98)(H,94,95)/t53-,55+,56-,59+,61+,69-,70-/m0/s1. The van der Waals surface area contributed by atoms with Gasteiger partial charge in [-0.2, -0.15) is 0 Å². The molecule has 0 bridgehead atoms. The van der Waals surface area contributed by atoms with Crippen molar-refractivity contribution in [2.45, 2.75) is 142 Å². The Kier molecular flexibility index (Phi) is 50.3. The number of carbonyl (C=O) groups excluding carboxylic acids is 10. The summed E-state index contributed by atoms with van der Waals surface area (Å²) in [6.07, 6.45) is 2.98. The minimum Gasteiger partial charge on any atom is -0.506 e. The molecule has 35 nitrogen and oxygen atoms in total. The molecule has 7 atom stereocenters. The summed E-state index contributed by atoms with van der Waals surface area (Å²) in [6, 6.07) is 0.695. The molecular weight excluding hydrogens is 1470 g/mol. The van der Waals surface area contributed by atoms with Crippen LogP contribution in [0.25, 0.3) is 0 Å². The van der Waals surface area contributed by atoms with Crippen LogP contribution in [-0.4, -0.2) is 312 Å². The van der Waals surface area contributed by atoms with Crippen LogP contribution in [-0.2, 0) is 106 Å². The number of phenols is 1. The molecule has 2 aromatic rings. The fourth-order valence-electron chi connectivity index (χ4n) is 11.4. The SMILES string of the molecule is CC[C@H](C)[C@H](NC(=O)[C@H](C(C)C)N(C)C)C(=O)N(C)[C@H](C[C@@H](OC)c1nc(C(=O)N[C@H](CCC(=O)O)Cc2ccc(O)c(NC(=O)CNC(=O)CNC(=O)[C@H](CCCCNC(=O)COCCOCCOCCOCCOCCOCCOCCOCCOCCOC)NC(=O)CCCN3C(=O)C=CC3=O)c2)cs1)C(C)C. The number of benzene rings is 1. The Morgan fingerprint density at radius 3 is 1.67 bits per heavy atom. The number of aromatic nitrogens is 1. The lowest BCUT2D eigenvalue weighted by Gasteiger charge is -2.37. The number of nitrogens with one attached hydrogen (secondary N) is 7. The van der Waals surface area contributed by atoms with Gasteiger partial charge in [-0.05, 0) is 88.1 Å². The maximum absolute atomic E-state index is 14.4. The second-order valence-corrected chi connectivity index (χ2v) is 28.1. The quantitative estimate of drug-likeness (QED) is 0.0260. The molecule has 1 aromatic heterocycles. The number of carbonyl (C=O) groups is 11. The van der Waals surface area contributed by atoms with Crippen molar-refractivity contribution in [3.63, 3.8) is 0 Å². The zero-order valence-corrected chi connectivity index (χ0v) is 67.4. The number of aromatic hydroxyl groups is 1. The lowest BCUT2D eigenvalue weighted by atomic mass is 9.92. The fourth-order valence-corrected chi connectivity index (χ4v) is 12.3. The zero-order valence-electron chi connectivity index (χ0n) is 66.6. The minimum atomic E-state index is -1.16. The van der Waals surface area contributed by atoms with Crippen LogP contribution in [0.2, 0.25) is 0 Å². The highest BCUT2D eigenvalue weighted by molar-refractivity contribution is 7.09. The van der Waals surface area contributed by atoms with Gasteiger partial charge in [0.15, 0.2) is 0 Å². The van der Waals surface area contributed by atoms with Gasteiger partial charge in [0.05, 0.1) is 144 Å².